The van der Waals surface area contributed by atoms with Crippen LogP contribution >= 0.6 is 0 Å². The van der Waals surface area contributed by atoms with Crippen LogP contribution < -0.4 is 40.6 Å². The number of pyridine rings is 3. The summed E-state index contributed by atoms with van der Waals surface area (Å²) in [6.07, 6.45) is 6.38. The Hall–Kier alpha value is -10.1. The highest BCUT2D eigenvalue weighted by Crippen LogP contribution is 2.44. The molecular formula is C65H71F4N7O19. The van der Waals surface area contributed by atoms with Crippen molar-refractivity contribution in [3.05, 3.63) is 185 Å². The van der Waals surface area contributed by atoms with Gasteiger partial charge in [0.15, 0.2) is 23.1 Å². The number of ketones is 2. The number of carbonyl (C=O) groups is 6. The Morgan fingerprint density at radius 2 is 1.14 bits per heavy atom. The number of amides is 2. The van der Waals surface area contributed by atoms with Crippen molar-refractivity contribution in [2.24, 2.45) is 10.8 Å². The molecule has 6 aromatic rings. The van der Waals surface area contributed by atoms with E-state index in [1.165, 1.54) is 45.4 Å². The summed E-state index contributed by atoms with van der Waals surface area (Å²) in [4.78, 5) is 120. The van der Waals surface area contributed by atoms with Crippen LogP contribution in [-0.4, -0.2) is 126 Å². The van der Waals surface area contributed by atoms with Crippen LogP contribution in [-0.2, 0) is 49.9 Å². The Bertz CT molecular complexity index is 3890. The second-order valence-corrected chi connectivity index (χ2v) is 22.5. The zero-order valence-electron chi connectivity index (χ0n) is 52.7. The number of benzene rings is 3. The zero-order chi connectivity index (χ0) is 69.1. The first-order valence-corrected chi connectivity index (χ1v) is 30.0. The van der Waals surface area contributed by atoms with Crippen molar-refractivity contribution in [2.45, 2.75) is 105 Å². The smallest absolute Gasteiger partial charge is 0.451 e. The number of non-ortho nitro benzene ring substituents is 1. The van der Waals surface area contributed by atoms with Crippen molar-refractivity contribution >= 4 is 47.1 Å². The monoisotopic (exact) mass is 1330 g/mol. The van der Waals surface area contributed by atoms with Gasteiger partial charge in [0.1, 0.15) is 51.5 Å². The van der Waals surface area contributed by atoms with E-state index in [1.807, 2.05) is 38.1 Å². The van der Waals surface area contributed by atoms with Crippen LogP contribution in [0.3, 0.4) is 0 Å². The Morgan fingerprint density at radius 1 is 0.684 bits per heavy atom. The second kappa shape index (κ2) is 33.2. The maximum Gasteiger partial charge on any atom is 0.516 e. The van der Waals surface area contributed by atoms with Crippen LogP contribution in [0, 0.1) is 44.2 Å². The predicted molar refractivity (Wildman–Crippen MR) is 329 cm³/mol. The third-order valence-corrected chi connectivity index (χ3v) is 15.6. The molecule has 0 unspecified atom stereocenters. The summed E-state index contributed by atoms with van der Waals surface area (Å²) < 4.78 is 99.5. The number of halogens is 4. The summed E-state index contributed by atoms with van der Waals surface area (Å²) in [6, 6.07) is 14.2. The number of rotatable bonds is 18. The highest BCUT2D eigenvalue weighted by Gasteiger charge is 2.52. The van der Waals surface area contributed by atoms with E-state index in [4.69, 9.17) is 43.0 Å². The minimum Gasteiger partial charge on any atom is -0.451 e. The molecule has 0 radical (unpaired) electrons. The second-order valence-electron chi connectivity index (χ2n) is 22.5. The van der Waals surface area contributed by atoms with Crippen molar-refractivity contribution in [3.63, 3.8) is 0 Å². The molecule has 0 aliphatic carbocycles. The molecule has 3 aromatic carbocycles. The Kier molecular flexibility index (Phi) is 25.3. The fourth-order valence-corrected chi connectivity index (χ4v) is 10.3. The van der Waals surface area contributed by atoms with Gasteiger partial charge in [-0.05, 0) is 88.8 Å². The molecule has 0 spiro atoms. The molecule has 2 fully saturated rings. The molecule has 3 aromatic heterocycles. The molecule has 2 saturated heterocycles. The molecule has 10 rings (SSSR count). The minimum absolute atomic E-state index is 0.00910. The number of anilines is 1. The summed E-state index contributed by atoms with van der Waals surface area (Å²) >= 11 is 0. The number of nitrogens with one attached hydrogen (secondary N) is 2. The molecule has 2 amide bonds. The molecule has 0 bridgehead atoms. The SMILES string of the molecule is CCCO.CCCOC(=O)OCOc1c2n(cc(C(=O)NCc3ccc(F)cc3F)c1=O)C[C@@H]1OCCC[C@]1(C)C2=O.CN(C)c1ccncc1.C[C@]12CCCO[C@H]1Cn1cc(C(=O)NCc3ccc(F)cc3F)c(=O)c(OCOC(=O)Oc3ccc([N+](=O)[O-])cc3)c1C2=O. The lowest BCUT2D eigenvalue weighted by Crippen LogP contribution is -2.52. The molecule has 4 aliphatic heterocycles. The number of hydrogen-bond acceptors (Lipinski definition) is 21. The number of aliphatic hydroxyl groups excluding tert-OH is 1. The van der Waals surface area contributed by atoms with Crippen LogP contribution in [0.15, 0.2) is 107 Å². The van der Waals surface area contributed by atoms with Gasteiger partial charge in [0.05, 0.1) is 47.7 Å². The van der Waals surface area contributed by atoms with Crippen molar-refractivity contribution in [1.82, 2.24) is 24.8 Å². The van der Waals surface area contributed by atoms with Crippen molar-refractivity contribution in [1.29, 1.82) is 0 Å². The van der Waals surface area contributed by atoms with Gasteiger partial charge in [0.2, 0.25) is 24.4 Å². The topological polar surface area (TPSA) is 324 Å². The number of carbonyl (C=O) groups excluding carboxylic acids is 6. The number of Topliss-reactive ketones (excluding diaryl/α,β-unsaturated/α-hetero) is 2. The normalized spacial score (nSPS) is 18.0. The van der Waals surface area contributed by atoms with E-state index >= 15 is 0 Å². The van der Waals surface area contributed by atoms with E-state index in [0.717, 1.165) is 36.8 Å². The summed E-state index contributed by atoms with van der Waals surface area (Å²) in [5.41, 5.74) is -3.90. The average molecular weight is 1330 g/mol. The number of nitro benzene ring substituents is 1. The molecule has 26 nitrogen and oxygen atoms in total. The number of aliphatic hydroxyl groups is 1. The van der Waals surface area contributed by atoms with Gasteiger partial charge in [-0.1, -0.05) is 26.0 Å². The summed E-state index contributed by atoms with van der Waals surface area (Å²) in [5, 5.41) is 23.5. The Labute approximate surface area is 541 Å². The molecule has 30 heteroatoms. The fraction of sp³-hybridized carbons (Fsp3) is 0.400. The van der Waals surface area contributed by atoms with Gasteiger partial charge in [0.25, 0.3) is 17.5 Å². The molecule has 4 atom stereocenters. The summed E-state index contributed by atoms with van der Waals surface area (Å²) in [7, 11) is 4.02. The van der Waals surface area contributed by atoms with E-state index in [-0.39, 0.29) is 72.3 Å². The highest BCUT2D eigenvalue weighted by atomic mass is 19.1. The first-order valence-electron chi connectivity index (χ1n) is 30.0. The number of nitrogens with zero attached hydrogens (tertiary/aromatic N) is 5. The molecule has 4 aliphatic rings. The molecule has 7 heterocycles. The number of aromatic nitrogens is 3. The quantitative estimate of drug-likeness (QED) is 0.0181. The lowest BCUT2D eigenvalue weighted by molar-refractivity contribution is -0.384. The number of fused-ring (bicyclic) bond motifs is 4. The van der Waals surface area contributed by atoms with Gasteiger partial charge in [-0.25, -0.2) is 27.2 Å². The van der Waals surface area contributed by atoms with Crippen LogP contribution in [0.1, 0.15) is 119 Å². The van der Waals surface area contributed by atoms with Crippen LogP contribution in [0.5, 0.6) is 17.2 Å². The van der Waals surface area contributed by atoms with Gasteiger partial charge in [-0.3, -0.25) is 43.9 Å². The Morgan fingerprint density at radius 3 is 1.54 bits per heavy atom. The maximum absolute atomic E-state index is 14.1. The number of hydrogen-bond donors (Lipinski definition) is 3. The highest BCUT2D eigenvalue weighted by molar-refractivity contribution is 6.05. The maximum atomic E-state index is 14.1. The fourth-order valence-electron chi connectivity index (χ4n) is 10.3. The van der Waals surface area contributed by atoms with Gasteiger partial charge in [0, 0.05) is 113 Å². The average Bonchev–Trinajstić information content (AvgIpc) is 0.745. The number of ether oxygens (including phenoxy) is 8. The first kappa shape index (κ1) is 72.4. The predicted octanol–water partition coefficient (Wildman–Crippen LogP) is 8.77. The van der Waals surface area contributed by atoms with Crippen molar-refractivity contribution in [3.8, 4) is 17.2 Å². The third-order valence-electron chi connectivity index (χ3n) is 15.6. The Balaban J connectivity index is 0.000000227. The summed E-state index contributed by atoms with van der Waals surface area (Å²) in [5.74, 6) is -7.05. The first-order chi connectivity index (χ1) is 45.3. The lowest BCUT2D eigenvalue weighted by Gasteiger charge is -2.44. The minimum atomic E-state index is -1.28. The van der Waals surface area contributed by atoms with Gasteiger partial charge >= 0.3 is 12.3 Å². The van der Waals surface area contributed by atoms with Gasteiger partial charge < -0.3 is 67.7 Å². The van der Waals surface area contributed by atoms with E-state index in [9.17, 15) is 66.0 Å². The van der Waals surface area contributed by atoms with Crippen LogP contribution in [0.25, 0.3) is 0 Å². The molecule has 0 saturated carbocycles. The van der Waals surface area contributed by atoms with E-state index < -0.39 is 128 Å². The molecule has 508 valence electrons. The summed E-state index contributed by atoms with van der Waals surface area (Å²) in [6.45, 7) is 6.48. The van der Waals surface area contributed by atoms with E-state index in [1.54, 1.807) is 33.2 Å². The molecule has 95 heavy (non-hydrogen) atoms. The van der Waals surface area contributed by atoms with E-state index in [2.05, 4.69) is 15.6 Å². The van der Waals surface area contributed by atoms with E-state index in [0.29, 0.717) is 64.1 Å². The van der Waals surface area contributed by atoms with Crippen LogP contribution in [0.2, 0.25) is 0 Å². The van der Waals surface area contributed by atoms with Crippen molar-refractivity contribution in [2.75, 3.05) is 59.0 Å². The molecular weight excluding hydrogens is 1260 g/mol. The van der Waals surface area contributed by atoms with Gasteiger partial charge in [-0.2, -0.15) is 0 Å². The van der Waals surface area contributed by atoms with Crippen LogP contribution in [0.4, 0.5) is 38.5 Å². The number of nitro groups is 1. The lowest BCUT2D eigenvalue weighted by atomic mass is 9.71. The van der Waals surface area contributed by atoms with Gasteiger partial charge in [-0.15, -0.1) is 0 Å². The third kappa shape index (κ3) is 18.0. The zero-order valence-corrected chi connectivity index (χ0v) is 52.7. The molecule has 3 N–H and O–H groups in total. The largest absolute Gasteiger partial charge is 0.516 e. The standard InChI is InChI=1S/C29H25F2N3O10.C26H28F2N2O8.C7H10N2.C3H8O/c1-29-9-2-10-41-22(29)14-33-13-20(27(37)32-12-16-3-4-17(30)11-21(16)31)24(35)25(23(33)26(29)36)42-15-43-28(38)44-19-7-5-18(6-8-19)34(39)40;1-3-8-36-25(34)38-14-37-22-20-23(32)26(2)7-4-9-35-19(26)13-30(20)12-17(21(22)31)24(33)29-11-15-5-6-16(27)10-18(15)28;1-9(2)7-3-5-8-6-4-7;1-2-3-4/h3-8,11,13,22H,2,9-10,12,14-15H2,1H3,(H,32,37);5-6,10,12,19H,3-4,7-9,11,13-14H2,1-2H3,(H,29,33);3-6H,1-2H3;4H,2-3H2,1H3/t22-,29-;19-,26-;;/m00../s1. The van der Waals surface area contributed by atoms with Crippen molar-refractivity contribution < 1.29 is 94.3 Å².